The minimum absolute atomic E-state index is 0.0335. The van der Waals surface area contributed by atoms with E-state index < -0.39 is 23.8 Å². The summed E-state index contributed by atoms with van der Waals surface area (Å²) in [6.07, 6.45) is 6.80. The van der Waals surface area contributed by atoms with Crippen molar-refractivity contribution in [3.63, 3.8) is 0 Å². The van der Waals surface area contributed by atoms with Crippen molar-refractivity contribution in [2.45, 2.75) is 50.0 Å². The molecule has 9 nitrogen and oxygen atoms in total. The van der Waals surface area contributed by atoms with Crippen molar-refractivity contribution >= 4 is 39.2 Å². The van der Waals surface area contributed by atoms with E-state index in [-0.39, 0.29) is 29.7 Å². The molecule has 6 heterocycles. The molecule has 43 heavy (non-hydrogen) atoms. The highest BCUT2D eigenvalue weighted by Gasteiger charge is 2.74. The summed E-state index contributed by atoms with van der Waals surface area (Å²) in [4.78, 5) is 17.4. The molecule has 3 aliphatic heterocycles. The van der Waals surface area contributed by atoms with Crippen molar-refractivity contribution in [1.82, 2.24) is 30.0 Å². The number of aromatic amines is 1. The van der Waals surface area contributed by atoms with Crippen LogP contribution >= 0.6 is 11.6 Å². The van der Waals surface area contributed by atoms with Crippen LogP contribution in [-0.4, -0.2) is 88.5 Å². The summed E-state index contributed by atoms with van der Waals surface area (Å²) in [5.74, 6) is -3.09. The van der Waals surface area contributed by atoms with Crippen LogP contribution in [0.3, 0.4) is 0 Å². The van der Waals surface area contributed by atoms with E-state index in [4.69, 9.17) is 21.1 Å². The quantitative estimate of drug-likeness (QED) is 0.315. The number of alkyl halides is 2. The Morgan fingerprint density at radius 2 is 2.02 bits per heavy atom. The van der Waals surface area contributed by atoms with E-state index in [0.717, 1.165) is 31.2 Å². The Bertz CT molecular complexity index is 1700. The molecule has 1 aromatic carbocycles. The van der Waals surface area contributed by atoms with Gasteiger partial charge in [-0.1, -0.05) is 11.6 Å². The fourth-order valence-corrected chi connectivity index (χ4v) is 6.86. The molecule has 1 aliphatic carbocycles. The first-order valence-corrected chi connectivity index (χ1v) is 15.1. The van der Waals surface area contributed by atoms with E-state index in [9.17, 15) is 8.78 Å². The zero-order chi connectivity index (χ0) is 29.9. The second kappa shape index (κ2) is 10.7. The molecule has 2 fully saturated rings. The number of hydrogen-bond acceptors (Lipinski definition) is 8. The highest BCUT2D eigenvalue weighted by Crippen LogP contribution is 2.55. The molecule has 1 N–H and O–H groups in total. The van der Waals surface area contributed by atoms with Gasteiger partial charge in [0, 0.05) is 48.4 Å². The maximum atomic E-state index is 16.8. The number of halogens is 4. The summed E-state index contributed by atoms with van der Waals surface area (Å²) in [7, 11) is 3.40. The lowest BCUT2D eigenvalue weighted by atomic mass is 9.95. The van der Waals surface area contributed by atoms with Crippen molar-refractivity contribution < 1.29 is 22.6 Å². The lowest BCUT2D eigenvalue weighted by molar-refractivity contribution is -0.00603. The van der Waals surface area contributed by atoms with Crippen molar-refractivity contribution in [2.75, 3.05) is 51.8 Å². The molecule has 0 radical (unpaired) electrons. The maximum absolute atomic E-state index is 16.8. The average molecular weight is 616 g/mol. The molecular formula is C30H33ClF3N7O2. The number of fused-ring (bicyclic) bond motifs is 7. The van der Waals surface area contributed by atoms with Crippen LogP contribution in [-0.2, 0) is 11.2 Å². The van der Waals surface area contributed by atoms with Gasteiger partial charge in [0.1, 0.15) is 17.0 Å². The number of anilines is 1. The Morgan fingerprint density at radius 1 is 1.19 bits per heavy atom. The Labute approximate surface area is 251 Å². The summed E-state index contributed by atoms with van der Waals surface area (Å²) in [6.45, 7) is 2.45. The van der Waals surface area contributed by atoms with Gasteiger partial charge in [-0.05, 0) is 63.7 Å². The Morgan fingerprint density at radius 3 is 2.81 bits per heavy atom. The van der Waals surface area contributed by atoms with Gasteiger partial charge in [0.2, 0.25) is 0 Å². The summed E-state index contributed by atoms with van der Waals surface area (Å²) in [5.41, 5.74) is 0.167. The van der Waals surface area contributed by atoms with Crippen molar-refractivity contribution in [1.29, 1.82) is 0 Å². The van der Waals surface area contributed by atoms with Crippen LogP contribution in [0.1, 0.15) is 37.7 Å². The third-order valence-electron chi connectivity index (χ3n) is 8.72. The van der Waals surface area contributed by atoms with Gasteiger partial charge in [-0.2, -0.15) is 15.1 Å². The van der Waals surface area contributed by atoms with E-state index in [2.05, 4.69) is 25.1 Å². The monoisotopic (exact) mass is 615 g/mol. The number of aromatic nitrogens is 5. The van der Waals surface area contributed by atoms with Gasteiger partial charge in [-0.15, -0.1) is 0 Å². The van der Waals surface area contributed by atoms with E-state index in [1.54, 1.807) is 37.5 Å². The molecule has 228 valence electrons. The molecule has 1 saturated heterocycles. The number of H-pyrrole nitrogens is 1. The average Bonchev–Trinajstić information content (AvgIpc) is 3.24. The Kier molecular flexibility index (Phi) is 7.13. The lowest BCUT2D eigenvalue weighted by Gasteiger charge is -2.34. The molecule has 13 heteroatoms. The topological polar surface area (TPSA) is 92.3 Å². The maximum Gasteiger partial charge on any atom is 0.319 e. The number of hydrogen-bond donors (Lipinski definition) is 1. The molecule has 6 bridgehead atoms. The van der Waals surface area contributed by atoms with E-state index >= 15 is 4.39 Å². The van der Waals surface area contributed by atoms with Crippen LogP contribution in [0, 0.1) is 11.7 Å². The van der Waals surface area contributed by atoms with Crippen LogP contribution in [0.25, 0.3) is 33.1 Å². The van der Waals surface area contributed by atoms with Gasteiger partial charge in [-0.3, -0.25) is 10.1 Å². The first-order valence-electron chi connectivity index (χ1n) is 14.7. The number of benzene rings is 1. The van der Waals surface area contributed by atoms with Gasteiger partial charge in [-0.25, -0.2) is 13.2 Å². The largest absolute Gasteiger partial charge is 0.449 e. The van der Waals surface area contributed by atoms with Crippen LogP contribution in [0.4, 0.5) is 19.0 Å². The summed E-state index contributed by atoms with van der Waals surface area (Å²) in [5, 5.41) is 8.63. The molecule has 3 aromatic heterocycles. The Hall–Kier alpha value is -3.22. The van der Waals surface area contributed by atoms with Crippen molar-refractivity contribution in [3.8, 4) is 17.3 Å². The summed E-state index contributed by atoms with van der Waals surface area (Å²) >= 11 is 6.76. The number of pyridine rings is 1. The number of nitrogens with zero attached hydrogens (tertiary/aromatic N) is 6. The second-order valence-corrected chi connectivity index (χ2v) is 12.7. The number of piperidine rings is 1. The van der Waals surface area contributed by atoms with Gasteiger partial charge in [0.05, 0.1) is 30.1 Å². The highest BCUT2D eigenvalue weighted by molar-refractivity contribution is 6.33. The zero-order valence-electron chi connectivity index (χ0n) is 24.1. The molecule has 8 rings (SSSR count). The fraction of sp³-hybridized carbons (Fsp3) is 0.533. The molecule has 1 saturated carbocycles. The van der Waals surface area contributed by atoms with Gasteiger partial charge in [0.25, 0.3) is 5.92 Å². The van der Waals surface area contributed by atoms with Crippen LogP contribution in [0.2, 0.25) is 5.02 Å². The number of likely N-dealkylation sites (N-methyl/N-ethyl adjacent to an activating group) is 1. The van der Waals surface area contributed by atoms with E-state index in [0.29, 0.717) is 65.4 Å². The first kappa shape index (κ1) is 28.5. The zero-order valence-corrected chi connectivity index (χ0v) is 24.9. The molecular weight excluding hydrogens is 583 g/mol. The Balaban J connectivity index is 1.45. The molecule has 0 spiro atoms. The van der Waals surface area contributed by atoms with Crippen LogP contribution in [0.5, 0.6) is 6.01 Å². The first-order chi connectivity index (χ1) is 20.7. The number of rotatable bonds is 4. The molecule has 0 amide bonds. The second-order valence-electron chi connectivity index (χ2n) is 12.3. The van der Waals surface area contributed by atoms with Crippen molar-refractivity contribution in [3.05, 3.63) is 34.9 Å². The molecule has 4 aliphatic rings. The lowest BCUT2D eigenvalue weighted by Crippen LogP contribution is -2.39. The van der Waals surface area contributed by atoms with Gasteiger partial charge < -0.3 is 19.3 Å². The molecule has 2 unspecified atom stereocenters. The van der Waals surface area contributed by atoms with Crippen LogP contribution in [0.15, 0.2) is 18.5 Å². The number of nitrogens with one attached hydrogen (secondary N) is 1. The normalized spacial score (nSPS) is 23.8. The van der Waals surface area contributed by atoms with E-state index in [1.165, 1.54) is 0 Å². The predicted octanol–water partition coefficient (Wildman–Crippen LogP) is 5.65. The predicted molar refractivity (Wildman–Crippen MR) is 158 cm³/mol. The van der Waals surface area contributed by atoms with E-state index in [1.807, 2.05) is 4.90 Å². The fourth-order valence-electron chi connectivity index (χ4n) is 6.56. The third-order valence-corrected chi connectivity index (χ3v) is 9.06. The minimum Gasteiger partial charge on any atom is -0.449 e. The van der Waals surface area contributed by atoms with Gasteiger partial charge >= 0.3 is 6.01 Å². The number of ether oxygens (including phenoxy) is 2. The van der Waals surface area contributed by atoms with Crippen LogP contribution < -0.4 is 9.64 Å². The van der Waals surface area contributed by atoms with Crippen molar-refractivity contribution in [2.24, 2.45) is 5.92 Å². The summed E-state index contributed by atoms with van der Waals surface area (Å²) in [6, 6.07) is 1.51. The van der Waals surface area contributed by atoms with Gasteiger partial charge in [0.15, 0.2) is 11.4 Å². The standard InChI is InChI=1S/C30H33ClF3N7O2/c1-40(2)16-29(15-30(29,33)34)43-28-37-25-20-11-35-26(24(25)32)23-18(21(31)10-22-19(23)12-36-39-22)7-3-4-9-42-14-17-6-5-8-41(13-17)27(20)38-28/h10-12,17H,3-9,13-16H2,1-2H3,(H,36,39). The molecule has 4 aromatic rings. The molecule has 2 atom stereocenters. The summed E-state index contributed by atoms with van der Waals surface area (Å²) < 4.78 is 58.2. The highest BCUT2D eigenvalue weighted by atomic mass is 35.5. The SMILES string of the molecule is CN(C)CC1(Oc2nc3c4cnc(c(F)c4n2)-c2c(c(Cl)cc4[nH]ncc24)CCCCOCC2CCCN3C2)CC1(F)F. The smallest absolute Gasteiger partial charge is 0.319 e. The minimum atomic E-state index is -3.05. The third kappa shape index (κ3) is 5.06.